The van der Waals surface area contributed by atoms with Gasteiger partial charge in [-0.3, -0.25) is 9.59 Å². The van der Waals surface area contributed by atoms with E-state index in [2.05, 4.69) is 10.6 Å². The van der Waals surface area contributed by atoms with E-state index in [1.807, 2.05) is 48.5 Å². The number of carboxylic acids is 1. The van der Waals surface area contributed by atoms with Crippen LogP contribution in [0.1, 0.15) is 49.1 Å². The van der Waals surface area contributed by atoms with E-state index >= 15 is 0 Å². The van der Waals surface area contributed by atoms with Crippen LogP contribution in [0.5, 0.6) is 0 Å². The van der Waals surface area contributed by atoms with Crippen LogP contribution in [-0.2, 0) is 14.3 Å². The lowest BCUT2D eigenvalue weighted by Crippen LogP contribution is -2.49. The number of nitrogens with one attached hydrogen (secondary N) is 2. The molecule has 3 aliphatic carbocycles. The minimum absolute atomic E-state index is 0.0874. The molecule has 0 radical (unpaired) electrons. The molecule has 0 heterocycles. The van der Waals surface area contributed by atoms with Gasteiger partial charge in [0.25, 0.3) is 0 Å². The number of amides is 2. The highest BCUT2D eigenvalue weighted by Crippen LogP contribution is 2.60. The molecular formula is C25H26N2O5. The van der Waals surface area contributed by atoms with Crippen molar-refractivity contribution in [2.75, 3.05) is 6.61 Å². The molecule has 0 aromatic heterocycles. The Kier molecular flexibility index (Phi) is 5.12. The molecule has 0 saturated heterocycles. The normalized spacial score (nSPS) is 20.4. The minimum Gasteiger partial charge on any atom is -0.481 e. The molecule has 5 rings (SSSR count). The molecular weight excluding hydrogens is 408 g/mol. The van der Waals surface area contributed by atoms with Crippen molar-refractivity contribution < 1.29 is 24.2 Å². The van der Waals surface area contributed by atoms with Crippen LogP contribution in [0.25, 0.3) is 11.1 Å². The molecule has 7 heteroatoms. The van der Waals surface area contributed by atoms with Crippen molar-refractivity contribution in [1.82, 2.24) is 10.6 Å². The average molecular weight is 434 g/mol. The Morgan fingerprint density at radius 1 is 1.03 bits per heavy atom. The maximum atomic E-state index is 12.6. The zero-order chi connectivity index (χ0) is 22.3. The van der Waals surface area contributed by atoms with Crippen LogP contribution in [0, 0.1) is 5.41 Å². The monoisotopic (exact) mass is 434 g/mol. The molecule has 2 fully saturated rings. The van der Waals surface area contributed by atoms with Gasteiger partial charge in [-0.05, 0) is 46.9 Å². The van der Waals surface area contributed by atoms with Crippen molar-refractivity contribution >= 4 is 18.0 Å². The topological polar surface area (TPSA) is 105 Å². The molecule has 2 atom stereocenters. The summed E-state index contributed by atoms with van der Waals surface area (Å²) in [5, 5.41) is 14.6. The first-order chi connectivity index (χ1) is 15.5. The van der Waals surface area contributed by atoms with Gasteiger partial charge in [-0.2, -0.15) is 0 Å². The van der Waals surface area contributed by atoms with Crippen LogP contribution in [-0.4, -0.2) is 41.8 Å². The molecule has 32 heavy (non-hydrogen) atoms. The van der Waals surface area contributed by atoms with Crippen molar-refractivity contribution in [3.8, 4) is 11.1 Å². The third-order valence-corrected chi connectivity index (χ3v) is 7.19. The SMILES string of the molecule is O=C(O)CC(NC(=O)OCC1c2ccccc2-c2ccccc21)C(=O)NC1CC12CCC2. The predicted molar refractivity (Wildman–Crippen MR) is 117 cm³/mol. The Bertz CT molecular complexity index is 1030. The molecule has 7 nitrogen and oxygen atoms in total. The summed E-state index contributed by atoms with van der Waals surface area (Å²) in [6.07, 6.45) is 3.02. The molecule has 1 spiro atoms. The van der Waals surface area contributed by atoms with E-state index in [0.29, 0.717) is 0 Å². The van der Waals surface area contributed by atoms with Gasteiger partial charge in [-0.15, -0.1) is 0 Å². The van der Waals surface area contributed by atoms with Crippen LogP contribution < -0.4 is 10.6 Å². The molecule has 166 valence electrons. The van der Waals surface area contributed by atoms with Crippen molar-refractivity contribution in [2.24, 2.45) is 5.41 Å². The average Bonchev–Trinajstić information content (AvgIpc) is 3.40. The third kappa shape index (κ3) is 3.72. The summed E-state index contributed by atoms with van der Waals surface area (Å²) >= 11 is 0. The van der Waals surface area contributed by atoms with E-state index in [1.54, 1.807) is 0 Å². The zero-order valence-corrected chi connectivity index (χ0v) is 17.7. The summed E-state index contributed by atoms with van der Waals surface area (Å²) in [5.74, 6) is -1.72. The first-order valence-electron chi connectivity index (χ1n) is 11.1. The Balaban J connectivity index is 1.22. The summed E-state index contributed by atoms with van der Waals surface area (Å²) < 4.78 is 5.47. The van der Waals surface area contributed by atoms with E-state index in [0.717, 1.165) is 41.5 Å². The fourth-order valence-corrected chi connectivity index (χ4v) is 5.17. The first kappa shape index (κ1) is 20.5. The number of benzene rings is 2. The molecule has 0 aliphatic heterocycles. The van der Waals surface area contributed by atoms with Crippen molar-refractivity contribution in [1.29, 1.82) is 0 Å². The first-order valence-corrected chi connectivity index (χ1v) is 11.1. The second-order valence-electron chi connectivity index (χ2n) is 9.10. The lowest BCUT2D eigenvalue weighted by Gasteiger charge is -2.27. The maximum absolute atomic E-state index is 12.6. The maximum Gasteiger partial charge on any atom is 0.407 e. The quantitative estimate of drug-likeness (QED) is 0.619. The number of aliphatic carboxylic acids is 1. The number of fused-ring (bicyclic) bond motifs is 3. The van der Waals surface area contributed by atoms with E-state index in [4.69, 9.17) is 4.74 Å². The number of carboxylic acid groups (broad SMARTS) is 1. The van der Waals surface area contributed by atoms with E-state index in [9.17, 15) is 19.5 Å². The number of alkyl carbamates (subject to hydrolysis) is 1. The summed E-state index contributed by atoms with van der Waals surface area (Å²) in [5.41, 5.74) is 4.62. The van der Waals surface area contributed by atoms with Crippen molar-refractivity contribution in [3.05, 3.63) is 59.7 Å². The summed E-state index contributed by atoms with van der Waals surface area (Å²) in [6, 6.07) is 14.9. The number of carbonyl (C=O) groups excluding carboxylic acids is 2. The van der Waals surface area contributed by atoms with E-state index in [-0.39, 0.29) is 24.0 Å². The number of rotatable bonds is 7. The van der Waals surface area contributed by atoms with Gasteiger partial charge in [0, 0.05) is 12.0 Å². The standard InChI is InChI=1S/C25H26N2O5/c28-22(29)12-20(23(30)27-21-13-25(21)10-5-11-25)26-24(31)32-14-19-17-8-3-1-6-15(17)16-7-2-4-9-18(16)19/h1-4,6-9,19-21H,5,10-14H2,(H,26,31)(H,27,30)(H,28,29). The van der Waals surface area contributed by atoms with Gasteiger partial charge in [0.05, 0.1) is 6.42 Å². The van der Waals surface area contributed by atoms with Gasteiger partial charge in [0.15, 0.2) is 0 Å². The van der Waals surface area contributed by atoms with E-state index < -0.39 is 30.4 Å². The van der Waals surface area contributed by atoms with Gasteiger partial charge in [0.1, 0.15) is 12.6 Å². The summed E-state index contributed by atoms with van der Waals surface area (Å²) in [7, 11) is 0. The smallest absolute Gasteiger partial charge is 0.407 e. The number of hydrogen-bond acceptors (Lipinski definition) is 4. The zero-order valence-electron chi connectivity index (χ0n) is 17.7. The second-order valence-corrected chi connectivity index (χ2v) is 9.10. The Morgan fingerprint density at radius 2 is 1.66 bits per heavy atom. The molecule has 2 amide bonds. The number of carbonyl (C=O) groups is 3. The molecule has 2 unspecified atom stereocenters. The fraction of sp³-hybridized carbons (Fsp3) is 0.400. The third-order valence-electron chi connectivity index (χ3n) is 7.19. The number of hydrogen-bond donors (Lipinski definition) is 3. The molecule has 0 bridgehead atoms. The minimum atomic E-state index is -1.17. The fourth-order valence-electron chi connectivity index (χ4n) is 5.17. The van der Waals surface area contributed by atoms with Gasteiger partial charge in [0.2, 0.25) is 5.91 Å². The van der Waals surface area contributed by atoms with Gasteiger partial charge in [-0.1, -0.05) is 55.0 Å². The van der Waals surface area contributed by atoms with Crippen molar-refractivity contribution in [3.63, 3.8) is 0 Å². The largest absolute Gasteiger partial charge is 0.481 e. The summed E-state index contributed by atoms with van der Waals surface area (Å²) in [6.45, 7) is 0.104. The molecule has 3 N–H and O–H groups in total. The van der Waals surface area contributed by atoms with Gasteiger partial charge in [-0.25, -0.2) is 4.79 Å². The molecule has 2 saturated carbocycles. The van der Waals surface area contributed by atoms with Crippen molar-refractivity contribution in [2.45, 2.75) is 50.1 Å². The number of ether oxygens (including phenoxy) is 1. The van der Waals surface area contributed by atoms with Crippen LogP contribution in [0.3, 0.4) is 0 Å². The second kappa shape index (κ2) is 7.97. The highest BCUT2D eigenvalue weighted by molar-refractivity contribution is 5.89. The van der Waals surface area contributed by atoms with Crippen LogP contribution in [0.15, 0.2) is 48.5 Å². The van der Waals surface area contributed by atoms with E-state index in [1.165, 1.54) is 6.42 Å². The van der Waals surface area contributed by atoms with Crippen LogP contribution in [0.2, 0.25) is 0 Å². The lowest BCUT2D eigenvalue weighted by atomic mass is 9.81. The molecule has 3 aliphatic rings. The lowest BCUT2D eigenvalue weighted by molar-refractivity contribution is -0.139. The Morgan fingerprint density at radius 3 is 2.19 bits per heavy atom. The van der Waals surface area contributed by atoms with Crippen LogP contribution in [0.4, 0.5) is 4.79 Å². The highest BCUT2D eigenvalue weighted by Gasteiger charge is 2.58. The van der Waals surface area contributed by atoms with Gasteiger partial charge < -0.3 is 20.5 Å². The molecule has 2 aromatic rings. The summed E-state index contributed by atoms with van der Waals surface area (Å²) in [4.78, 5) is 36.4. The Labute approximate surface area is 186 Å². The molecule has 2 aromatic carbocycles. The Hall–Kier alpha value is -3.35. The highest BCUT2D eigenvalue weighted by atomic mass is 16.5. The predicted octanol–water partition coefficient (Wildman–Crippen LogP) is 3.43. The van der Waals surface area contributed by atoms with Gasteiger partial charge >= 0.3 is 12.1 Å². The van der Waals surface area contributed by atoms with Crippen LogP contribution >= 0.6 is 0 Å².